The summed E-state index contributed by atoms with van der Waals surface area (Å²) in [5, 5.41) is 25.1. The molecule has 12 nitrogen and oxygen atoms in total. The standard InChI is InChI=1S/C26H29ClF2N3O9PS/c1-13(2)39-23(36)14(3)31-42(43,41-18-10-6-8-15-7-4-5-9-16(15)18)38-12-26(24(28)29)20(34)19(33)22(40-26)32-11-17(27)21(35)30-25(32)37/h4-11,13-14,19-20,22,24,33-34H,12H2,1-3H3,(H,31,43)(H,30,35,37)/t14-,19-,20-,22+,26+,42?/m0/s1. The van der Waals surface area contributed by atoms with Crippen LogP contribution in [0.4, 0.5) is 8.78 Å². The van der Waals surface area contributed by atoms with E-state index in [-0.39, 0.29) is 5.75 Å². The molecule has 43 heavy (non-hydrogen) atoms. The van der Waals surface area contributed by atoms with Crippen LogP contribution in [-0.2, 0) is 30.6 Å². The van der Waals surface area contributed by atoms with Crippen molar-refractivity contribution in [1.82, 2.24) is 14.6 Å². The summed E-state index contributed by atoms with van der Waals surface area (Å²) in [7, 11) is 0. The van der Waals surface area contributed by atoms with Gasteiger partial charge in [0.1, 0.15) is 29.0 Å². The number of aliphatic hydroxyl groups excluding tert-OH is 2. The number of esters is 1. The van der Waals surface area contributed by atoms with Crippen molar-refractivity contribution in [2.24, 2.45) is 0 Å². The zero-order valence-electron chi connectivity index (χ0n) is 23.0. The largest absolute Gasteiger partial charge is 0.462 e. The average molecular weight is 664 g/mol. The molecule has 234 valence electrons. The second kappa shape index (κ2) is 13.1. The number of hydrogen-bond acceptors (Lipinski definition) is 10. The summed E-state index contributed by atoms with van der Waals surface area (Å²) in [6, 6.07) is 11.0. The monoisotopic (exact) mass is 663 g/mol. The Bertz CT molecular complexity index is 1650. The number of carbonyl (C=O) groups excluding carboxylic acids is 1. The number of ether oxygens (including phenoxy) is 2. The number of hydrogen-bond donors (Lipinski definition) is 4. The first-order valence-corrected chi connectivity index (χ1v) is 15.9. The highest BCUT2D eigenvalue weighted by atomic mass is 35.5. The number of fused-ring (bicyclic) bond motifs is 1. The molecule has 2 heterocycles. The van der Waals surface area contributed by atoms with Crippen molar-refractivity contribution in [1.29, 1.82) is 0 Å². The van der Waals surface area contributed by atoms with Gasteiger partial charge in [-0.25, -0.2) is 18.7 Å². The minimum Gasteiger partial charge on any atom is -0.462 e. The van der Waals surface area contributed by atoms with Gasteiger partial charge in [0, 0.05) is 11.6 Å². The van der Waals surface area contributed by atoms with Crippen molar-refractivity contribution in [3.63, 3.8) is 0 Å². The summed E-state index contributed by atoms with van der Waals surface area (Å²) in [5.74, 6) is -0.510. The van der Waals surface area contributed by atoms with E-state index < -0.39 is 78.1 Å². The topological polar surface area (TPSA) is 161 Å². The van der Waals surface area contributed by atoms with Crippen molar-refractivity contribution in [2.45, 2.75) is 63.4 Å². The normalized spacial score (nSPS) is 24.3. The third-order valence-electron chi connectivity index (χ3n) is 6.51. The van der Waals surface area contributed by atoms with Gasteiger partial charge in [0.25, 0.3) is 12.0 Å². The molecule has 1 aromatic heterocycles. The predicted molar refractivity (Wildman–Crippen MR) is 156 cm³/mol. The number of halogens is 3. The SMILES string of the molecule is CC(C)OC(=O)[C@H](C)NP(=S)(OC[C@@]1(C(F)F)O[C@@H](n2cc(Cl)c(=O)[nH]c2=O)[C@@H](O)[C@@H]1O)Oc1cccc2ccccc12. The summed E-state index contributed by atoms with van der Waals surface area (Å²) < 4.78 is 52.4. The Balaban J connectivity index is 1.69. The highest BCUT2D eigenvalue weighted by molar-refractivity contribution is 8.09. The Morgan fingerprint density at radius 3 is 2.56 bits per heavy atom. The van der Waals surface area contributed by atoms with Gasteiger partial charge in [-0.2, -0.15) is 0 Å². The second-order valence-electron chi connectivity index (χ2n) is 10.0. The number of benzene rings is 2. The Morgan fingerprint density at radius 2 is 1.88 bits per heavy atom. The summed E-state index contributed by atoms with van der Waals surface area (Å²) in [5.41, 5.74) is -5.04. The van der Waals surface area contributed by atoms with Gasteiger partial charge in [-0.1, -0.05) is 48.0 Å². The fraction of sp³-hybridized carbons (Fsp3) is 0.423. The van der Waals surface area contributed by atoms with Crippen molar-refractivity contribution in [3.8, 4) is 5.75 Å². The number of aliphatic hydroxyl groups is 2. The summed E-state index contributed by atoms with van der Waals surface area (Å²) in [6.07, 6.45) is -9.51. The van der Waals surface area contributed by atoms with E-state index in [9.17, 15) is 33.4 Å². The fourth-order valence-electron chi connectivity index (χ4n) is 4.35. The van der Waals surface area contributed by atoms with Gasteiger partial charge in [-0.15, -0.1) is 0 Å². The number of H-pyrrole nitrogens is 1. The lowest BCUT2D eigenvalue weighted by Crippen LogP contribution is -2.53. The van der Waals surface area contributed by atoms with Gasteiger partial charge in [0.15, 0.2) is 11.8 Å². The number of nitrogens with one attached hydrogen (secondary N) is 2. The molecule has 0 bridgehead atoms. The molecular formula is C26H29ClF2N3O9PS. The first-order chi connectivity index (χ1) is 20.2. The van der Waals surface area contributed by atoms with Crippen molar-refractivity contribution < 1.29 is 42.3 Å². The summed E-state index contributed by atoms with van der Waals surface area (Å²) in [6.45, 7) is -0.430. The maximum Gasteiger partial charge on any atom is 0.330 e. The highest BCUT2D eigenvalue weighted by Crippen LogP contribution is 2.50. The molecule has 6 atom stereocenters. The molecule has 3 aromatic rings. The van der Waals surface area contributed by atoms with Crippen LogP contribution >= 0.6 is 18.2 Å². The van der Waals surface area contributed by atoms with E-state index >= 15 is 0 Å². The third-order valence-corrected chi connectivity index (χ3v) is 9.24. The Labute approximate surface area is 253 Å². The van der Waals surface area contributed by atoms with Crippen LogP contribution in [0.1, 0.15) is 27.0 Å². The molecule has 4 N–H and O–H groups in total. The lowest BCUT2D eigenvalue weighted by atomic mass is 9.96. The molecule has 0 radical (unpaired) electrons. The van der Waals surface area contributed by atoms with Gasteiger partial charge < -0.3 is 28.7 Å². The molecule has 17 heteroatoms. The second-order valence-corrected chi connectivity index (χ2v) is 13.6. The molecular weight excluding hydrogens is 635 g/mol. The Kier molecular flexibility index (Phi) is 10.1. The van der Waals surface area contributed by atoms with E-state index in [0.29, 0.717) is 9.95 Å². The van der Waals surface area contributed by atoms with Crippen LogP contribution in [0.25, 0.3) is 10.8 Å². The minimum absolute atomic E-state index is 0.213. The number of aromatic nitrogens is 2. The zero-order valence-corrected chi connectivity index (χ0v) is 25.4. The third kappa shape index (κ3) is 6.99. The van der Waals surface area contributed by atoms with E-state index in [1.807, 2.05) is 17.1 Å². The van der Waals surface area contributed by atoms with E-state index in [2.05, 4.69) is 5.09 Å². The van der Waals surface area contributed by atoms with Crippen LogP contribution in [0.2, 0.25) is 5.02 Å². The van der Waals surface area contributed by atoms with Crippen molar-refractivity contribution in [2.75, 3.05) is 6.61 Å². The smallest absolute Gasteiger partial charge is 0.330 e. The number of alkyl halides is 2. The number of rotatable bonds is 11. The molecule has 0 spiro atoms. The quantitative estimate of drug-likeness (QED) is 0.176. The molecule has 1 aliphatic rings. The molecule has 2 aromatic carbocycles. The fourth-order valence-corrected chi connectivity index (χ4v) is 6.92. The van der Waals surface area contributed by atoms with Crippen LogP contribution < -0.4 is 20.9 Å². The molecule has 0 saturated carbocycles. The van der Waals surface area contributed by atoms with Gasteiger partial charge in [-0.05, 0) is 44.0 Å². The minimum atomic E-state index is -3.96. The van der Waals surface area contributed by atoms with Gasteiger partial charge >= 0.3 is 18.3 Å². The van der Waals surface area contributed by atoms with Crippen LogP contribution in [0.3, 0.4) is 0 Å². The van der Waals surface area contributed by atoms with Crippen LogP contribution in [0.5, 0.6) is 5.75 Å². The van der Waals surface area contributed by atoms with Crippen molar-refractivity contribution >= 4 is 46.8 Å². The predicted octanol–water partition coefficient (Wildman–Crippen LogP) is 2.85. The van der Waals surface area contributed by atoms with Crippen LogP contribution in [-0.4, -0.2) is 68.7 Å². The molecule has 1 fully saturated rings. The number of aromatic amines is 1. The van der Waals surface area contributed by atoms with E-state index in [0.717, 1.165) is 11.6 Å². The average Bonchev–Trinajstić information content (AvgIpc) is 3.20. The molecule has 0 aliphatic carbocycles. The zero-order chi connectivity index (χ0) is 31.7. The molecule has 1 unspecified atom stereocenters. The van der Waals surface area contributed by atoms with Gasteiger partial charge in [-0.3, -0.25) is 19.1 Å². The lowest BCUT2D eigenvalue weighted by molar-refractivity contribution is -0.192. The first kappa shape index (κ1) is 33.1. The van der Waals surface area contributed by atoms with E-state index in [1.54, 1.807) is 44.2 Å². The molecule has 0 amide bonds. The molecule has 4 rings (SSSR count). The van der Waals surface area contributed by atoms with Gasteiger partial charge in [0.2, 0.25) is 0 Å². The highest BCUT2D eigenvalue weighted by Gasteiger charge is 2.61. The summed E-state index contributed by atoms with van der Waals surface area (Å²) >= 11 is 11.4. The Hall–Kier alpha value is -2.75. The maximum atomic E-state index is 14.7. The first-order valence-electron chi connectivity index (χ1n) is 12.9. The molecule has 1 aliphatic heterocycles. The lowest BCUT2D eigenvalue weighted by Gasteiger charge is -2.34. The van der Waals surface area contributed by atoms with Crippen LogP contribution in [0, 0.1) is 0 Å². The number of carbonyl (C=O) groups is 1. The molecule has 1 saturated heterocycles. The summed E-state index contributed by atoms with van der Waals surface area (Å²) in [4.78, 5) is 38.5. The number of nitrogens with zero attached hydrogens (tertiary/aromatic N) is 1. The Morgan fingerprint density at radius 1 is 1.21 bits per heavy atom. The van der Waals surface area contributed by atoms with Crippen LogP contribution in [0.15, 0.2) is 58.3 Å². The van der Waals surface area contributed by atoms with Gasteiger partial charge in [0.05, 0.1) is 12.7 Å². The maximum absolute atomic E-state index is 14.7. The van der Waals surface area contributed by atoms with E-state index in [4.69, 9.17) is 41.9 Å². The van der Waals surface area contributed by atoms with E-state index in [1.165, 1.54) is 6.92 Å². The van der Waals surface area contributed by atoms with Crippen molar-refractivity contribution in [3.05, 3.63) is 74.5 Å².